The molecule has 1 aromatic carbocycles. The van der Waals surface area contributed by atoms with Crippen molar-refractivity contribution in [2.45, 2.75) is 58.0 Å². The average Bonchev–Trinajstić information content (AvgIpc) is 2.81. The third-order valence-corrected chi connectivity index (χ3v) is 4.64. The van der Waals surface area contributed by atoms with Crippen LogP contribution in [0.3, 0.4) is 0 Å². The average molecular weight is 337 g/mol. The summed E-state index contributed by atoms with van der Waals surface area (Å²) < 4.78 is 0. The highest BCUT2D eigenvalue weighted by Crippen LogP contribution is 2.22. The van der Waals surface area contributed by atoms with Gasteiger partial charge in [-0.25, -0.2) is 0 Å². The second kappa shape index (κ2) is 8.92. The normalized spacial score (nSPS) is 15.7. The van der Waals surface area contributed by atoms with E-state index in [1.54, 1.807) is 24.0 Å². The van der Waals surface area contributed by atoms with Crippen molar-refractivity contribution in [3.8, 4) is 0 Å². The lowest BCUT2D eigenvalue weighted by atomic mass is 10.1. The van der Waals surface area contributed by atoms with Gasteiger partial charge in [0.15, 0.2) is 0 Å². The van der Waals surface area contributed by atoms with E-state index in [-0.39, 0.29) is 24.4 Å². The van der Waals surface area contributed by atoms with Crippen LogP contribution < -0.4 is 5.32 Å². The van der Waals surface area contributed by atoms with E-state index in [1.165, 1.54) is 12.8 Å². The maximum absolute atomic E-state index is 12.2. The SMILES string of the molecule is CC(=O)N(CC(=O)NCc1ccc(Cl)cc1)C1CCCCCC1. The minimum absolute atomic E-state index is 0.0152. The number of hydrogen-bond donors (Lipinski definition) is 1. The Morgan fingerprint density at radius 1 is 1.13 bits per heavy atom. The fraction of sp³-hybridized carbons (Fsp3) is 0.556. The predicted molar refractivity (Wildman–Crippen MR) is 92.2 cm³/mol. The molecular formula is C18H25ClN2O2. The summed E-state index contributed by atoms with van der Waals surface area (Å²) in [6, 6.07) is 7.58. The van der Waals surface area contributed by atoms with Crippen molar-refractivity contribution >= 4 is 23.4 Å². The number of carbonyl (C=O) groups is 2. The van der Waals surface area contributed by atoms with Gasteiger partial charge in [0.2, 0.25) is 11.8 Å². The van der Waals surface area contributed by atoms with Crippen LogP contribution >= 0.6 is 11.6 Å². The number of halogens is 1. The van der Waals surface area contributed by atoms with Gasteiger partial charge in [-0.1, -0.05) is 49.4 Å². The van der Waals surface area contributed by atoms with E-state index < -0.39 is 0 Å². The van der Waals surface area contributed by atoms with Crippen molar-refractivity contribution in [3.05, 3.63) is 34.9 Å². The molecular weight excluding hydrogens is 312 g/mol. The Morgan fingerprint density at radius 3 is 2.30 bits per heavy atom. The van der Waals surface area contributed by atoms with Crippen molar-refractivity contribution in [3.63, 3.8) is 0 Å². The van der Waals surface area contributed by atoms with Gasteiger partial charge in [0.25, 0.3) is 0 Å². The first-order chi connectivity index (χ1) is 11.1. The molecule has 0 aromatic heterocycles. The minimum atomic E-state index is -0.112. The Kier molecular flexibility index (Phi) is 6.90. The van der Waals surface area contributed by atoms with Crippen LogP contribution in [0.4, 0.5) is 0 Å². The fourth-order valence-electron chi connectivity index (χ4n) is 3.08. The van der Waals surface area contributed by atoms with Crippen LogP contribution in [-0.4, -0.2) is 29.3 Å². The minimum Gasteiger partial charge on any atom is -0.350 e. The van der Waals surface area contributed by atoms with Crippen molar-refractivity contribution in [1.29, 1.82) is 0 Å². The van der Waals surface area contributed by atoms with Crippen molar-refractivity contribution in [2.75, 3.05) is 6.54 Å². The van der Waals surface area contributed by atoms with E-state index in [1.807, 2.05) is 12.1 Å². The van der Waals surface area contributed by atoms with Gasteiger partial charge in [0, 0.05) is 24.5 Å². The Hall–Kier alpha value is -1.55. The molecule has 1 saturated carbocycles. The van der Waals surface area contributed by atoms with Gasteiger partial charge in [-0.15, -0.1) is 0 Å². The van der Waals surface area contributed by atoms with Crippen LogP contribution in [0.2, 0.25) is 5.02 Å². The van der Waals surface area contributed by atoms with Gasteiger partial charge in [-0.05, 0) is 30.5 Å². The Balaban J connectivity index is 1.87. The third kappa shape index (κ3) is 5.87. The molecule has 2 amide bonds. The quantitative estimate of drug-likeness (QED) is 0.836. The fourth-order valence-corrected chi connectivity index (χ4v) is 3.21. The molecule has 0 spiro atoms. The molecule has 0 unspecified atom stereocenters. The molecule has 1 N–H and O–H groups in total. The molecule has 0 aliphatic heterocycles. The summed E-state index contributed by atoms with van der Waals surface area (Å²) >= 11 is 5.85. The maximum atomic E-state index is 12.2. The summed E-state index contributed by atoms with van der Waals surface area (Å²) in [6.45, 7) is 2.15. The lowest BCUT2D eigenvalue weighted by Gasteiger charge is -2.29. The molecule has 0 radical (unpaired) electrons. The van der Waals surface area contributed by atoms with Crippen LogP contribution in [-0.2, 0) is 16.1 Å². The first-order valence-electron chi connectivity index (χ1n) is 8.34. The topological polar surface area (TPSA) is 49.4 Å². The van der Waals surface area contributed by atoms with E-state index >= 15 is 0 Å². The van der Waals surface area contributed by atoms with Gasteiger partial charge < -0.3 is 10.2 Å². The molecule has 1 aromatic rings. The summed E-state index contributed by atoms with van der Waals surface area (Å²) in [5.74, 6) is -0.127. The summed E-state index contributed by atoms with van der Waals surface area (Å²) in [5, 5.41) is 3.56. The first-order valence-corrected chi connectivity index (χ1v) is 8.72. The van der Waals surface area contributed by atoms with Gasteiger partial charge in [-0.3, -0.25) is 9.59 Å². The second-order valence-electron chi connectivity index (χ2n) is 6.20. The van der Waals surface area contributed by atoms with Gasteiger partial charge >= 0.3 is 0 Å². The number of amides is 2. The third-order valence-electron chi connectivity index (χ3n) is 4.39. The Morgan fingerprint density at radius 2 is 1.74 bits per heavy atom. The second-order valence-corrected chi connectivity index (χ2v) is 6.63. The zero-order chi connectivity index (χ0) is 16.7. The van der Waals surface area contributed by atoms with Gasteiger partial charge in [0.1, 0.15) is 0 Å². The van der Waals surface area contributed by atoms with E-state index in [9.17, 15) is 9.59 Å². The smallest absolute Gasteiger partial charge is 0.239 e. The number of nitrogens with one attached hydrogen (secondary N) is 1. The number of carbonyl (C=O) groups excluding carboxylic acids is 2. The molecule has 5 heteroatoms. The number of benzene rings is 1. The molecule has 1 aliphatic carbocycles. The summed E-state index contributed by atoms with van der Waals surface area (Å²) in [4.78, 5) is 25.9. The van der Waals surface area contributed by atoms with Crippen LogP contribution in [0.5, 0.6) is 0 Å². The zero-order valence-corrected chi connectivity index (χ0v) is 14.4. The van der Waals surface area contributed by atoms with E-state index in [0.29, 0.717) is 11.6 Å². The molecule has 0 heterocycles. The van der Waals surface area contributed by atoms with E-state index in [4.69, 9.17) is 11.6 Å². The van der Waals surface area contributed by atoms with Crippen LogP contribution in [0.1, 0.15) is 51.0 Å². The molecule has 0 bridgehead atoms. The Bertz CT molecular complexity index is 522. The highest BCUT2D eigenvalue weighted by atomic mass is 35.5. The maximum Gasteiger partial charge on any atom is 0.239 e. The molecule has 1 fully saturated rings. The highest BCUT2D eigenvalue weighted by Gasteiger charge is 2.24. The molecule has 4 nitrogen and oxygen atoms in total. The Labute approximate surface area is 143 Å². The van der Waals surface area contributed by atoms with Crippen molar-refractivity contribution < 1.29 is 9.59 Å². The van der Waals surface area contributed by atoms with Crippen LogP contribution in [0, 0.1) is 0 Å². The lowest BCUT2D eigenvalue weighted by molar-refractivity contribution is -0.136. The van der Waals surface area contributed by atoms with E-state index in [2.05, 4.69) is 5.32 Å². The number of rotatable bonds is 5. The largest absolute Gasteiger partial charge is 0.350 e. The standard InChI is InChI=1S/C18H25ClN2O2/c1-14(22)21(17-6-4-2-3-5-7-17)13-18(23)20-12-15-8-10-16(19)11-9-15/h8-11,17H,2-7,12-13H2,1H3,(H,20,23). The lowest BCUT2D eigenvalue weighted by Crippen LogP contribution is -2.45. The van der Waals surface area contributed by atoms with Crippen molar-refractivity contribution in [1.82, 2.24) is 10.2 Å². The van der Waals surface area contributed by atoms with Gasteiger partial charge in [0.05, 0.1) is 6.54 Å². The molecule has 126 valence electrons. The zero-order valence-electron chi connectivity index (χ0n) is 13.7. The van der Waals surface area contributed by atoms with E-state index in [0.717, 1.165) is 31.2 Å². The summed E-state index contributed by atoms with van der Waals surface area (Å²) in [7, 11) is 0. The highest BCUT2D eigenvalue weighted by molar-refractivity contribution is 6.30. The monoisotopic (exact) mass is 336 g/mol. The molecule has 1 aliphatic rings. The number of hydrogen-bond acceptors (Lipinski definition) is 2. The molecule has 0 atom stereocenters. The predicted octanol–water partition coefficient (Wildman–Crippen LogP) is 3.53. The molecule has 2 rings (SSSR count). The first kappa shape index (κ1) is 17.8. The molecule has 23 heavy (non-hydrogen) atoms. The summed E-state index contributed by atoms with van der Waals surface area (Å²) in [5.41, 5.74) is 0.992. The van der Waals surface area contributed by atoms with Crippen LogP contribution in [0.25, 0.3) is 0 Å². The summed E-state index contributed by atoms with van der Waals surface area (Å²) in [6.07, 6.45) is 6.74. The number of nitrogens with zero attached hydrogens (tertiary/aromatic N) is 1. The molecule has 0 saturated heterocycles. The van der Waals surface area contributed by atoms with Gasteiger partial charge in [-0.2, -0.15) is 0 Å². The van der Waals surface area contributed by atoms with Crippen LogP contribution in [0.15, 0.2) is 24.3 Å². The van der Waals surface area contributed by atoms with Crippen molar-refractivity contribution in [2.24, 2.45) is 0 Å².